The molecular weight excluding hydrogens is 386 g/mol. The average molecular weight is 401 g/mol. The molecule has 29 heavy (non-hydrogen) atoms. The van der Waals surface area contributed by atoms with Crippen LogP contribution in [-0.2, 0) is 6.54 Å². The zero-order valence-electron chi connectivity index (χ0n) is 15.5. The molecule has 3 aromatic rings. The quantitative estimate of drug-likeness (QED) is 0.308. The van der Waals surface area contributed by atoms with Crippen molar-refractivity contribution in [2.45, 2.75) is 20.4 Å². The van der Waals surface area contributed by atoms with E-state index in [1.807, 2.05) is 26.0 Å². The maximum atomic E-state index is 14.3. The normalized spacial score (nSPS) is 11.4. The van der Waals surface area contributed by atoms with Gasteiger partial charge in [-0.1, -0.05) is 12.1 Å². The molecule has 0 aliphatic heterocycles. The van der Waals surface area contributed by atoms with Crippen LogP contribution in [0.2, 0.25) is 0 Å². The summed E-state index contributed by atoms with van der Waals surface area (Å²) in [6.07, 6.45) is 2.58. The summed E-state index contributed by atoms with van der Waals surface area (Å²) in [5, 5.41) is 10.9. The van der Waals surface area contributed by atoms with Crippen LogP contribution in [0.15, 0.2) is 41.5 Å². The van der Waals surface area contributed by atoms with Gasteiger partial charge >= 0.3 is 0 Å². The lowest BCUT2D eigenvalue weighted by Crippen LogP contribution is -2.26. The third-order valence-electron chi connectivity index (χ3n) is 4.12. The van der Waals surface area contributed by atoms with Gasteiger partial charge in [0.15, 0.2) is 35.3 Å². The van der Waals surface area contributed by atoms with Crippen LogP contribution in [0.1, 0.15) is 16.7 Å². The Balaban J connectivity index is 2.18. The van der Waals surface area contributed by atoms with E-state index in [2.05, 4.69) is 15.3 Å². The fourth-order valence-corrected chi connectivity index (χ4v) is 2.66. The Kier molecular flexibility index (Phi) is 5.64. The fraction of sp³-hybridized carbons (Fsp3) is 0.150. The Morgan fingerprint density at radius 2 is 1.76 bits per heavy atom. The molecule has 0 spiro atoms. The summed E-state index contributed by atoms with van der Waals surface area (Å²) in [7, 11) is 0. The molecule has 0 amide bonds. The number of benzene rings is 2. The van der Waals surface area contributed by atoms with Crippen LogP contribution in [0.4, 0.5) is 29.1 Å². The van der Waals surface area contributed by atoms with Gasteiger partial charge in [0.2, 0.25) is 5.62 Å². The first-order valence-corrected chi connectivity index (χ1v) is 8.46. The molecule has 0 radical (unpaired) electrons. The maximum absolute atomic E-state index is 14.3. The molecule has 2 aromatic carbocycles. The minimum absolute atomic E-state index is 0.0111. The molecule has 0 atom stereocenters. The van der Waals surface area contributed by atoms with Crippen molar-refractivity contribution in [3.05, 3.63) is 82.1 Å². The number of hydrogen-bond donors (Lipinski definition) is 1. The molecule has 148 valence electrons. The van der Waals surface area contributed by atoms with Gasteiger partial charge in [-0.05, 0) is 48.7 Å². The Labute approximate surface area is 163 Å². The zero-order chi connectivity index (χ0) is 21.1. The molecule has 5 nitrogen and oxygen atoms in total. The first-order valence-electron chi connectivity index (χ1n) is 8.46. The van der Waals surface area contributed by atoms with E-state index >= 15 is 0 Å². The fourth-order valence-electron chi connectivity index (χ4n) is 2.66. The van der Waals surface area contributed by atoms with Crippen molar-refractivity contribution in [3.8, 4) is 6.19 Å². The second kappa shape index (κ2) is 8.14. The number of rotatable bonds is 4. The van der Waals surface area contributed by atoms with Crippen LogP contribution in [0.25, 0.3) is 0 Å². The van der Waals surface area contributed by atoms with Crippen LogP contribution in [0, 0.1) is 48.6 Å². The van der Waals surface area contributed by atoms with Crippen molar-refractivity contribution >= 4 is 11.5 Å². The molecule has 0 saturated carbocycles. The SMILES string of the molecule is Cc1ccc(C)c(N=c2nc(NC#N)c(F)cn2Cc2cc(F)c(F)c(F)c2)c1. The molecule has 0 bridgehead atoms. The van der Waals surface area contributed by atoms with E-state index in [9.17, 15) is 17.6 Å². The smallest absolute Gasteiger partial charge is 0.232 e. The molecule has 1 heterocycles. The summed E-state index contributed by atoms with van der Waals surface area (Å²) >= 11 is 0. The number of nitrogens with zero attached hydrogens (tertiary/aromatic N) is 4. The number of anilines is 1. The van der Waals surface area contributed by atoms with Crippen molar-refractivity contribution in [2.24, 2.45) is 4.99 Å². The third-order valence-corrected chi connectivity index (χ3v) is 4.12. The van der Waals surface area contributed by atoms with Crippen molar-refractivity contribution < 1.29 is 17.6 Å². The van der Waals surface area contributed by atoms with E-state index in [0.29, 0.717) is 5.69 Å². The number of aryl methyl sites for hydroxylation is 2. The number of aromatic nitrogens is 2. The van der Waals surface area contributed by atoms with Crippen LogP contribution in [0.5, 0.6) is 0 Å². The highest BCUT2D eigenvalue weighted by molar-refractivity contribution is 5.47. The molecule has 9 heteroatoms. The highest BCUT2D eigenvalue weighted by atomic mass is 19.2. The van der Waals surface area contributed by atoms with E-state index in [4.69, 9.17) is 5.26 Å². The summed E-state index contributed by atoms with van der Waals surface area (Å²) in [6.45, 7) is 3.47. The third kappa shape index (κ3) is 4.43. The van der Waals surface area contributed by atoms with Gasteiger partial charge in [-0.25, -0.2) is 22.6 Å². The lowest BCUT2D eigenvalue weighted by molar-refractivity contribution is 0.444. The predicted octanol–water partition coefficient (Wildman–Crippen LogP) is 4.23. The Bertz CT molecular complexity index is 1170. The number of hydrogen-bond acceptors (Lipinski definition) is 4. The molecule has 0 aliphatic rings. The highest BCUT2D eigenvalue weighted by Gasteiger charge is 2.13. The minimum atomic E-state index is -1.59. The monoisotopic (exact) mass is 401 g/mol. The van der Waals surface area contributed by atoms with Gasteiger partial charge in [-0.2, -0.15) is 10.2 Å². The van der Waals surface area contributed by atoms with Crippen LogP contribution in [0.3, 0.4) is 0 Å². The average Bonchev–Trinajstić information content (AvgIpc) is 2.66. The molecule has 0 fully saturated rings. The molecule has 1 N–H and O–H groups in total. The Hall–Kier alpha value is -3.67. The maximum Gasteiger partial charge on any atom is 0.232 e. The van der Waals surface area contributed by atoms with Crippen molar-refractivity contribution in [2.75, 3.05) is 5.32 Å². The standard InChI is InChI=1S/C20H15F4N5/c1-11-3-4-12(2)17(5-11)27-20-28-19(26-10-25)16(23)9-29(20)8-13-6-14(21)18(24)15(22)7-13/h3-7,9H,8H2,1-2H3,(H,26,27,28). The van der Waals surface area contributed by atoms with Gasteiger partial charge in [-0.3, -0.25) is 5.32 Å². The Morgan fingerprint density at radius 1 is 1.07 bits per heavy atom. The largest absolute Gasteiger partial charge is 0.310 e. The van der Waals surface area contributed by atoms with Crippen LogP contribution >= 0.6 is 0 Å². The van der Waals surface area contributed by atoms with Gasteiger partial charge in [0, 0.05) is 6.20 Å². The summed E-state index contributed by atoms with van der Waals surface area (Å²) in [6, 6.07) is 7.16. The first kappa shape index (κ1) is 20.1. The summed E-state index contributed by atoms with van der Waals surface area (Å²) < 4.78 is 55.8. The van der Waals surface area contributed by atoms with Crippen LogP contribution in [-0.4, -0.2) is 9.55 Å². The van der Waals surface area contributed by atoms with E-state index in [1.165, 1.54) is 4.57 Å². The number of nitriles is 1. The first-order chi connectivity index (χ1) is 13.8. The predicted molar refractivity (Wildman–Crippen MR) is 98.0 cm³/mol. The van der Waals surface area contributed by atoms with Crippen LogP contribution < -0.4 is 10.9 Å². The summed E-state index contributed by atoms with van der Waals surface area (Å²) in [5.74, 6) is -5.51. The molecule has 0 saturated heterocycles. The van der Waals surface area contributed by atoms with Gasteiger partial charge in [0.25, 0.3) is 0 Å². The summed E-state index contributed by atoms with van der Waals surface area (Å²) in [5.41, 5.74) is 2.34. The van der Waals surface area contributed by atoms with Crippen molar-refractivity contribution in [1.82, 2.24) is 9.55 Å². The second-order valence-electron chi connectivity index (χ2n) is 6.38. The van der Waals surface area contributed by atoms with E-state index in [-0.39, 0.29) is 23.5 Å². The van der Waals surface area contributed by atoms with Gasteiger partial charge in [0.05, 0.1) is 12.2 Å². The minimum Gasteiger partial charge on any atom is -0.310 e. The highest BCUT2D eigenvalue weighted by Crippen LogP contribution is 2.19. The van der Waals surface area contributed by atoms with Gasteiger partial charge in [0.1, 0.15) is 0 Å². The lowest BCUT2D eigenvalue weighted by atomic mass is 10.1. The lowest BCUT2D eigenvalue weighted by Gasteiger charge is -2.11. The van der Waals surface area contributed by atoms with Crippen molar-refractivity contribution in [1.29, 1.82) is 5.26 Å². The van der Waals surface area contributed by atoms with Gasteiger partial charge < -0.3 is 4.57 Å². The second-order valence-corrected chi connectivity index (χ2v) is 6.38. The molecule has 0 aliphatic carbocycles. The van der Waals surface area contributed by atoms with Gasteiger partial charge in [-0.15, -0.1) is 0 Å². The molecular formula is C20H15F4N5. The number of halogens is 4. The molecule has 3 rings (SSSR count). The van der Waals surface area contributed by atoms with Crippen molar-refractivity contribution in [3.63, 3.8) is 0 Å². The molecule has 1 aromatic heterocycles. The van der Waals surface area contributed by atoms with E-state index < -0.39 is 23.3 Å². The summed E-state index contributed by atoms with van der Waals surface area (Å²) in [4.78, 5) is 8.43. The molecule has 0 unspecified atom stereocenters. The Morgan fingerprint density at radius 3 is 2.41 bits per heavy atom. The topological polar surface area (TPSA) is 66.0 Å². The zero-order valence-corrected chi connectivity index (χ0v) is 15.5. The van der Waals surface area contributed by atoms with E-state index in [1.54, 1.807) is 12.3 Å². The number of nitrogens with one attached hydrogen (secondary N) is 1. The van der Waals surface area contributed by atoms with E-state index in [0.717, 1.165) is 29.5 Å².